The van der Waals surface area contributed by atoms with Crippen molar-refractivity contribution in [3.63, 3.8) is 0 Å². The van der Waals surface area contributed by atoms with E-state index in [9.17, 15) is 23.4 Å². The molecule has 0 saturated heterocycles. The molecule has 7 nitrogen and oxygen atoms in total. The molecule has 0 amide bonds. The van der Waals surface area contributed by atoms with Crippen molar-refractivity contribution in [1.29, 1.82) is 0 Å². The van der Waals surface area contributed by atoms with E-state index >= 15 is 0 Å². The minimum absolute atomic E-state index is 0.0700. The summed E-state index contributed by atoms with van der Waals surface area (Å²) in [5.74, 6) is -1.08. The Bertz CT molecular complexity index is 1070. The summed E-state index contributed by atoms with van der Waals surface area (Å²) in [6.45, 7) is 5.56. The first-order valence-electron chi connectivity index (χ1n) is 13.0. The quantitative estimate of drug-likeness (QED) is 0.133. The Morgan fingerprint density at radius 2 is 1.92 bits per heavy atom. The van der Waals surface area contributed by atoms with Crippen LogP contribution >= 0.6 is 11.6 Å². The van der Waals surface area contributed by atoms with E-state index in [0.717, 1.165) is 5.56 Å². The number of esters is 1. The molecule has 9 heteroatoms. The Morgan fingerprint density at radius 1 is 1.24 bits per heavy atom. The standard InChI is InChI=1S/C29H41ClO7S/c1-20-11-15-23(16-12-20)38(34,35)37-28-19-27(32)24(17-18-26(31)21(2)13-14-22(3)30)25(28)9-7-5-6-8-10-29(33)36-4/h5,7,11-12,14-18,21,24-28,31-32H,6,8-10,13,19H2,1-4H3/b7-5-,18-17+,22-14-/t21?,24-,25-,26-,27-,28-/m1/s1. The number of hydrogen-bond acceptors (Lipinski definition) is 7. The van der Waals surface area contributed by atoms with Crippen molar-refractivity contribution in [2.45, 2.75) is 82.5 Å². The second-order valence-electron chi connectivity index (χ2n) is 10.0. The van der Waals surface area contributed by atoms with Crippen LogP contribution in [0.3, 0.4) is 0 Å². The van der Waals surface area contributed by atoms with Crippen LogP contribution in [-0.2, 0) is 23.8 Å². The predicted molar refractivity (Wildman–Crippen MR) is 149 cm³/mol. The highest BCUT2D eigenvalue weighted by molar-refractivity contribution is 7.86. The van der Waals surface area contributed by atoms with Crippen LogP contribution < -0.4 is 0 Å². The fourth-order valence-electron chi connectivity index (χ4n) is 4.47. The van der Waals surface area contributed by atoms with Gasteiger partial charge in [0.2, 0.25) is 0 Å². The Kier molecular flexibility index (Phi) is 13.2. The van der Waals surface area contributed by atoms with Crippen molar-refractivity contribution in [3.05, 3.63) is 65.2 Å². The number of aliphatic hydroxyl groups excluding tert-OH is 2. The summed E-state index contributed by atoms with van der Waals surface area (Å²) in [4.78, 5) is 11.4. The van der Waals surface area contributed by atoms with Gasteiger partial charge in [0.1, 0.15) is 0 Å². The lowest BCUT2D eigenvalue weighted by Gasteiger charge is -2.23. The van der Waals surface area contributed by atoms with Crippen LogP contribution in [0.5, 0.6) is 0 Å². The third-order valence-electron chi connectivity index (χ3n) is 6.89. The van der Waals surface area contributed by atoms with Gasteiger partial charge in [-0.15, -0.1) is 0 Å². The van der Waals surface area contributed by atoms with Crippen LogP contribution in [-0.4, -0.2) is 50.0 Å². The lowest BCUT2D eigenvalue weighted by atomic mass is 9.89. The first kappa shape index (κ1) is 32.2. The summed E-state index contributed by atoms with van der Waals surface area (Å²) in [6.07, 6.45) is 9.72. The van der Waals surface area contributed by atoms with Crippen LogP contribution in [0.2, 0.25) is 0 Å². The van der Waals surface area contributed by atoms with Gasteiger partial charge in [0.15, 0.2) is 0 Å². The number of aryl methyl sites for hydroxylation is 1. The summed E-state index contributed by atoms with van der Waals surface area (Å²) in [6, 6.07) is 6.45. The van der Waals surface area contributed by atoms with E-state index in [0.29, 0.717) is 37.1 Å². The number of hydrogen-bond donors (Lipinski definition) is 2. The molecule has 1 aliphatic rings. The fourth-order valence-corrected chi connectivity index (χ4v) is 5.69. The molecular weight excluding hydrogens is 528 g/mol. The number of ether oxygens (including phenoxy) is 1. The third kappa shape index (κ3) is 10.3. The Morgan fingerprint density at radius 3 is 2.55 bits per heavy atom. The molecule has 1 aliphatic carbocycles. The molecule has 2 rings (SSSR count). The molecule has 6 atom stereocenters. The van der Waals surface area contributed by atoms with Gasteiger partial charge in [0, 0.05) is 23.8 Å². The van der Waals surface area contributed by atoms with Crippen LogP contribution in [0.4, 0.5) is 0 Å². The Labute approximate surface area is 232 Å². The maximum Gasteiger partial charge on any atom is 0.305 e. The SMILES string of the molecule is COC(=O)CCC/C=C\C[C@@H]1[C@@H](/C=C/[C@@H](O)C(C)C/C=C(/C)Cl)[C@H](O)C[C@H]1OS(=O)(=O)c1ccc(C)cc1. The summed E-state index contributed by atoms with van der Waals surface area (Å²) in [7, 11) is -2.67. The minimum atomic E-state index is -4.03. The highest BCUT2D eigenvalue weighted by Crippen LogP contribution is 2.40. The van der Waals surface area contributed by atoms with Gasteiger partial charge in [-0.25, -0.2) is 0 Å². The zero-order chi connectivity index (χ0) is 28.3. The van der Waals surface area contributed by atoms with E-state index in [4.69, 9.17) is 15.8 Å². The van der Waals surface area contributed by atoms with Crippen LogP contribution in [0, 0.1) is 24.7 Å². The van der Waals surface area contributed by atoms with Crippen molar-refractivity contribution in [2.24, 2.45) is 17.8 Å². The summed E-state index contributed by atoms with van der Waals surface area (Å²) >= 11 is 5.91. The van der Waals surface area contributed by atoms with Crippen LogP contribution in [0.15, 0.2) is 64.6 Å². The first-order valence-corrected chi connectivity index (χ1v) is 14.8. The normalized spacial score (nSPS) is 24.2. The largest absolute Gasteiger partial charge is 0.469 e. The second-order valence-corrected chi connectivity index (χ2v) is 12.2. The predicted octanol–water partition coefficient (Wildman–Crippen LogP) is 5.44. The Hall–Kier alpha value is -1.97. The van der Waals surface area contributed by atoms with Crippen molar-refractivity contribution in [2.75, 3.05) is 7.11 Å². The maximum absolute atomic E-state index is 13.0. The van der Waals surface area contributed by atoms with Gasteiger partial charge >= 0.3 is 5.97 Å². The maximum atomic E-state index is 13.0. The number of methoxy groups -OCH3 is 1. The zero-order valence-corrected chi connectivity index (χ0v) is 24.2. The molecule has 1 aromatic carbocycles. The number of halogens is 1. The molecule has 0 aliphatic heterocycles. The van der Waals surface area contributed by atoms with Crippen molar-refractivity contribution >= 4 is 27.7 Å². The number of carbonyl (C=O) groups excluding carboxylic acids is 1. The topological polar surface area (TPSA) is 110 Å². The molecule has 1 saturated carbocycles. The van der Waals surface area contributed by atoms with Crippen molar-refractivity contribution < 1.29 is 32.3 Å². The highest BCUT2D eigenvalue weighted by atomic mass is 35.5. The molecular formula is C29H41ClO7S. The van der Waals surface area contributed by atoms with Crippen molar-refractivity contribution in [1.82, 2.24) is 0 Å². The van der Waals surface area contributed by atoms with Gasteiger partial charge in [-0.3, -0.25) is 8.98 Å². The van der Waals surface area contributed by atoms with E-state index in [1.807, 2.05) is 32.1 Å². The molecule has 212 valence electrons. The summed E-state index contributed by atoms with van der Waals surface area (Å²) in [5, 5.41) is 22.1. The highest BCUT2D eigenvalue weighted by Gasteiger charge is 2.43. The zero-order valence-electron chi connectivity index (χ0n) is 22.6. The molecule has 0 spiro atoms. The minimum Gasteiger partial charge on any atom is -0.469 e. The molecule has 0 aromatic heterocycles. The summed E-state index contributed by atoms with van der Waals surface area (Å²) < 4.78 is 36.4. The fraction of sp³-hybridized carbons (Fsp3) is 0.552. The van der Waals surface area contributed by atoms with E-state index in [2.05, 4.69) is 4.74 Å². The molecule has 0 heterocycles. The first-order chi connectivity index (χ1) is 17.9. The number of rotatable bonds is 14. The molecule has 38 heavy (non-hydrogen) atoms. The van der Waals surface area contributed by atoms with Gasteiger partial charge in [-0.1, -0.05) is 66.6 Å². The lowest BCUT2D eigenvalue weighted by molar-refractivity contribution is -0.140. The molecule has 0 bridgehead atoms. The number of benzene rings is 1. The van der Waals surface area contributed by atoms with E-state index in [1.54, 1.807) is 31.2 Å². The van der Waals surface area contributed by atoms with E-state index in [1.165, 1.54) is 19.2 Å². The monoisotopic (exact) mass is 568 g/mol. The number of carbonyl (C=O) groups is 1. The Balaban J connectivity index is 2.18. The van der Waals surface area contributed by atoms with Crippen LogP contribution in [0.1, 0.15) is 57.9 Å². The van der Waals surface area contributed by atoms with Crippen molar-refractivity contribution in [3.8, 4) is 0 Å². The van der Waals surface area contributed by atoms with Gasteiger partial charge in [-0.2, -0.15) is 8.42 Å². The van der Waals surface area contributed by atoms with Gasteiger partial charge in [0.05, 0.1) is 30.3 Å². The number of aliphatic hydroxyl groups is 2. The smallest absolute Gasteiger partial charge is 0.305 e. The van der Waals surface area contributed by atoms with Gasteiger partial charge in [-0.05, 0) is 63.5 Å². The molecule has 1 unspecified atom stereocenters. The van der Waals surface area contributed by atoms with Gasteiger partial charge < -0.3 is 14.9 Å². The van der Waals surface area contributed by atoms with E-state index in [-0.39, 0.29) is 29.1 Å². The van der Waals surface area contributed by atoms with E-state index < -0.39 is 34.3 Å². The number of unbranched alkanes of at least 4 members (excludes halogenated alkanes) is 1. The lowest BCUT2D eigenvalue weighted by Crippen LogP contribution is -2.25. The second kappa shape index (κ2) is 15.6. The molecule has 0 radical (unpaired) electrons. The number of allylic oxidation sites excluding steroid dienone is 4. The molecule has 2 N–H and O–H groups in total. The average molecular weight is 569 g/mol. The third-order valence-corrected chi connectivity index (χ3v) is 8.39. The van der Waals surface area contributed by atoms with Crippen LogP contribution in [0.25, 0.3) is 0 Å². The average Bonchev–Trinajstić information content (AvgIpc) is 3.15. The molecule has 1 aromatic rings. The molecule has 1 fully saturated rings. The summed E-state index contributed by atoms with van der Waals surface area (Å²) in [5.41, 5.74) is 0.935. The van der Waals surface area contributed by atoms with Gasteiger partial charge in [0.25, 0.3) is 10.1 Å².